The lowest BCUT2D eigenvalue weighted by Crippen LogP contribution is -1.97. The van der Waals surface area contributed by atoms with Crippen molar-refractivity contribution >= 4 is 43.6 Å². The van der Waals surface area contributed by atoms with Crippen molar-refractivity contribution in [2.75, 3.05) is 0 Å². The molecule has 2 nitrogen and oxygen atoms in total. The molecular formula is C36H24N2. The third-order valence-corrected chi connectivity index (χ3v) is 6.58. The molecule has 0 N–H and O–H groups in total. The van der Waals surface area contributed by atoms with Crippen molar-refractivity contribution in [1.82, 2.24) is 9.13 Å². The van der Waals surface area contributed by atoms with Crippen molar-refractivity contribution in [3.8, 4) is 22.5 Å². The van der Waals surface area contributed by atoms with E-state index < -0.39 is 96.3 Å². The Kier molecular flexibility index (Phi) is 2.32. The van der Waals surface area contributed by atoms with Crippen molar-refractivity contribution in [2.24, 2.45) is 0 Å². The quantitative estimate of drug-likeness (QED) is 0.229. The van der Waals surface area contributed by atoms with Crippen LogP contribution in [-0.2, 0) is 0 Å². The second-order valence-corrected chi connectivity index (χ2v) is 8.62. The van der Waals surface area contributed by atoms with Gasteiger partial charge in [-0.25, -0.2) is 0 Å². The molecule has 0 saturated carbocycles. The van der Waals surface area contributed by atoms with E-state index in [4.69, 9.17) is 17.8 Å². The van der Waals surface area contributed by atoms with E-state index in [1.54, 1.807) is 48.5 Å². The van der Waals surface area contributed by atoms with Crippen molar-refractivity contribution < 1.29 is 21.9 Å². The van der Waals surface area contributed by atoms with Gasteiger partial charge < -0.3 is 9.13 Å². The highest BCUT2D eigenvalue weighted by atomic mass is 15.0. The molecule has 0 bridgehead atoms. The van der Waals surface area contributed by atoms with Crippen LogP contribution >= 0.6 is 0 Å². The van der Waals surface area contributed by atoms with Gasteiger partial charge in [-0.05, 0) is 53.5 Å². The number of aromatic nitrogens is 2. The molecule has 8 aromatic rings. The van der Waals surface area contributed by atoms with Crippen molar-refractivity contribution in [1.29, 1.82) is 0 Å². The first kappa shape index (κ1) is 10.7. The Morgan fingerprint density at radius 2 is 0.868 bits per heavy atom. The lowest BCUT2D eigenvalue weighted by atomic mass is 10.1. The summed E-state index contributed by atoms with van der Waals surface area (Å²) in [5.74, 6) is 0. The largest absolute Gasteiger partial charge is 0.309 e. The molecule has 8 rings (SSSR count). The third kappa shape index (κ3) is 3.07. The fraction of sp³-hybridized carbons (Fsp3) is 0. The minimum atomic E-state index is -0.702. The van der Waals surface area contributed by atoms with Gasteiger partial charge in [-0.15, -0.1) is 0 Å². The Morgan fingerprint density at radius 1 is 0.395 bits per heavy atom. The lowest BCUT2D eigenvalue weighted by Gasteiger charge is -2.12. The van der Waals surface area contributed by atoms with Crippen LogP contribution < -0.4 is 0 Å². The van der Waals surface area contributed by atoms with E-state index >= 15 is 0 Å². The highest BCUT2D eigenvalue weighted by Gasteiger charge is 2.16. The van der Waals surface area contributed by atoms with Gasteiger partial charge in [0.1, 0.15) is 0 Å². The first-order valence-corrected chi connectivity index (χ1v) is 11.7. The Morgan fingerprint density at radius 3 is 1.45 bits per heavy atom. The van der Waals surface area contributed by atoms with Crippen LogP contribution in [-0.4, -0.2) is 9.13 Å². The van der Waals surface area contributed by atoms with Crippen molar-refractivity contribution in [3.05, 3.63) is 145 Å². The molecule has 0 unspecified atom stereocenters. The molecule has 0 saturated heterocycles. The molecule has 2 heterocycles. The number of nitrogens with zero attached hydrogens (tertiary/aromatic N) is 2. The molecule has 0 aliphatic heterocycles. The van der Waals surface area contributed by atoms with Crippen LogP contribution in [0.15, 0.2) is 145 Å². The Hall–Kier alpha value is -5.08. The first-order valence-electron chi connectivity index (χ1n) is 19.7. The SMILES string of the molecule is [2H]c1ccc(-c2ccc(-n3c4c([2H])c([2H])c([2H])c([2H])c4c4c([2H])c([2H])c(-n5c6c([2H])c([2H])c([2H])c([2H])c6c6c([2H])c([2H])c([2H])c([2H])c65)c([2H])c43)cc2)cc1. The molecule has 0 amide bonds. The second-order valence-electron chi connectivity index (χ2n) is 8.62. The predicted molar refractivity (Wildman–Crippen MR) is 161 cm³/mol. The third-order valence-electron chi connectivity index (χ3n) is 6.58. The summed E-state index contributed by atoms with van der Waals surface area (Å²) in [6.07, 6.45) is 0. The van der Waals surface area contributed by atoms with Crippen LogP contribution in [0.3, 0.4) is 0 Å². The van der Waals surface area contributed by atoms with E-state index in [-0.39, 0.29) is 43.6 Å². The summed E-state index contributed by atoms with van der Waals surface area (Å²) in [7, 11) is 0. The summed E-state index contributed by atoms with van der Waals surface area (Å²) in [6.45, 7) is 0. The van der Waals surface area contributed by atoms with Crippen LogP contribution in [0.1, 0.15) is 21.9 Å². The molecule has 0 fully saturated rings. The van der Waals surface area contributed by atoms with Gasteiger partial charge in [-0.3, -0.25) is 0 Å². The highest BCUT2D eigenvalue weighted by Crippen LogP contribution is 2.37. The summed E-state index contributed by atoms with van der Waals surface area (Å²) in [4.78, 5) is 0. The lowest BCUT2D eigenvalue weighted by molar-refractivity contribution is 1.15. The minimum absolute atomic E-state index is 0.0908. The van der Waals surface area contributed by atoms with Gasteiger partial charge in [-0.1, -0.05) is 103 Å². The predicted octanol–water partition coefficient (Wildman–Crippen LogP) is 9.55. The molecule has 0 radical (unpaired) electrons. The van der Waals surface area contributed by atoms with Gasteiger partial charge in [-0.2, -0.15) is 0 Å². The standard InChI is InChI=1S/C36H24N2/c1-2-10-25(11-3-1)26-18-20-27(21-19-26)37-33-15-7-6-14-31(33)32-23-22-28(24-36(32)37)38-34-16-8-4-12-29(34)30-13-5-9-17-35(30)38/h1-24H/i1D,4D,5D,6D,7D,8D,9D,12D,13D,14D,15D,16D,17D,22D,23D,24D. The highest BCUT2D eigenvalue weighted by molar-refractivity contribution is 6.12. The zero-order valence-corrected chi connectivity index (χ0v) is 19.5. The molecule has 2 aromatic heterocycles. The van der Waals surface area contributed by atoms with Gasteiger partial charge in [0, 0.05) is 32.9 Å². The van der Waals surface area contributed by atoms with E-state index in [9.17, 15) is 4.11 Å². The molecule has 0 atom stereocenters. The molecule has 2 heteroatoms. The average molecular weight is 501 g/mol. The molecular weight excluding hydrogens is 460 g/mol. The van der Waals surface area contributed by atoms with Crippen LogP contribution in [0.25, 0.3) is 66.1 Å². The Bertz CT molecular complexity index is 2910. The number of fused-ring (bicyclic) bond motifs is 6. The molecule has 6 aromatic carbocycles. The molecule has 178 valence electrons. The Balaban J connectivity index is 1.61. The van der Waals surface area contributed by atoms with Gasteiger partial charge in [0.2, 0.25) is 0 Å². The topological polar surface area (TPSA) is 9.86 Å². The average Bonchev–Trinajstić information content (AvgIpc) is 3.71. The normalized spacial score (nSPS) is 17.6. The number of hydrogen-bond donors (Lipinski definition) is 0. The van der Waals surface area contributed by atoms with E-state index in [0.29, 0.717) is 11.7 Å². The van der Waals surface area contributed by atoms with Crippen molar-refractivity contribution in [2.45, 2.75) is 0 Å². The zero-order chi connectivity index (χ0) is 39.0. The first-order chi connectivity index (χ1) is 25.5. The molecule has 0 aliphatic rings. The molecule has 0 spiro atoms. The maximum absolute atomic E-state index is 9.75. The van der Waals surface area contributed by atoms with Gasteiger partial charge in [0.05, 0.1) is 44.0 Å². The minimum Gasteiger partial charge on any atom is -0.309 e. The van der Waals surface area contributed by atoms with E-state index in [1.165, 1.54) is 4.57 Å². The van der Waals surface area contributed by atoms with E-state index in [1.807, 2.05) is 0 Å². The van der Waals surface area contributed by atoms with E-state index in [2.05, 4.69) is 0 Å². The number of benzene rings is 6. The van der Waals surface area contributed by atoms with Gasteiger partial charge in [0.25, 0.3) is 0 Å². The summed E-state index contributed by atoms with van der Waals surface area (Å²) in [5, 5.41) is -0.837. The van der Waals surface area contributed by atoms with Gasteiger partial charge in [0.15, 0.2) is 0 Å². The summed E-state index contributed by atoms with van der Waals surface area (Å²) < 4.78 is 142. The van der Waals surface area contributed by atoms with Gasteiger partial charge >= 0.3 is 0 Å². The number of para-hydroxylation sites is 3. The monoisotopic (exact) mass is 500 g/mol. The van der Waals surface area contributed by atoms with Crippen molar-refractivity contribution in [3.63, 3.8) is 0 Å². The summed E-state index contributed by atoms with van der Waals surface area (Å²) in [6, 6.07) is 4.60. The molecule has 38 heavy (non-hydrogen) atoms. The fourth-order valence-electron chi connectivity index (χ4n) is 4.90. The Labute approximate surface area is 243 Å². The maximum atomic E-state index is 9.75. The zero-order valence-electron chi connectivity index (χ0n) is 35.5. The summed E-state index contributed by atoms with van der Waals surface area (Å²) in [5.41, 5.74) is 0.451. The number of hydrogen-bond acceptors (Lipinski definition) is 0. The summed E-state index contributed by atoms with van der Waals surface area (Å²) >= 11 is 0. The molecule has 0 aliphatic carbocycles. The smallest absolute Gasteiger partial charge is 0.0667 e. The number of rotatable bonds is 3. The second kappa shape index (κ2) is 8.22. The van der Waals surface area contributed by atoms with Crippen LogP contribution in [0.5, 0.6) is 0 Å². The van der Waals surface area contributed by atoms with Crippen LogP contribution in [0, 0.1) is 0 Å². The fourth-order valence-corrected chi connectivity index (χ4v) is 4.90. The maximum Gasteiger partial charge on any atom is 0.0667 e. The van der Waals surface area contributed by atoms with Crippen LogP contribution in [0.2, 0.25) is 0 Å². The van der Waals surface area contributed by atoms with E-state index in [0.717, 1.165) is 15.7 Å². The van der Waals surface area contributed by atoms with Crippen LogP contribution in [0.4, 0.5) is 0 Å².